The third-order valence-corrected chi connectivity index (χ3v) is 7.59. The zero-order chi connectivity index (χ0) is 27.7. The van der Waals surface area contributed by atoms with Gasteiger partial charge in [-0.25, -0.2) is 0 Å². The number of amides is 1. The molecule has 2 saturated heterocycles. The fourth-order valence-corrected chi connectivity index (χ4v) is 5.53. The molecule has 0 aliphatic carbocycles. The molecule has 0 saturated carbocycles. The highest BCUT2D eigenvalue weighted by Crippen LogP contribution is 2.43. The molecule has 3 aliphatic rings. The van der Waals surface area contributed by atoms with Crippen molar-refractivity contribution in [1.82, 2.24) is 4.90 Å². The van der Waals surface area contributed by atoms with Crippen LogP contribution in [0.3, 0.4) is 0 Å². The van der Waals surface area contributed by atoms with Gasteiger partial charge in [0.25, 0.3) is 11.7 Å². The third kappa shape index (κ3) is 5.48. The largest absolute Gasteiger partial charge is 0.507 e. The molecule has 1 amide bonds. The normalized spacial score (nSPS) is 23.8. The Labute approximate surface area is 229 Å². The molecule has 1 N–H and O–H groups in total. The topological polar surface area (TPSA) is 94.5 Å². The Bertz CT molecular complexity index is 1280. The Morgan fingerprint density at radius 1 is 1.15 bits per heavy atom. The van der Waals surface area contributed by atoms with Gasteiger partial charge in [-0.1, -0.05) is 19.9 Å². The van der Waals surface area contributed by atoms with Crippen LogP contribution in [0.5, 0.6) is 17.2 Å². The molecule has 0 bridgehead atoms. The van der Waals surface area contributed by atoms with Crippen LogP contribution < -0.4 is 14.2 Å². The summed E-state index contributed by atoms with van der Waals surface area (Å²) >= 11 is 0. The van der Waals surface area contributed by atoms with Crippen LogP contribution >= 0.6 is 0 Å². The van der Waals surface area contributed by atoms with Crippen molar-refractivity contribution >= 4 is 17.4 Å². The maximum Gasteiger partial charge on any atom is 0.295 e. The van der Waals surface area contributed by atoms with Crippen molar-refractivity contribution in [2.45, 2.75) is 64.7 Å². The zero-order valence-electron chi connectivity index (χ0n) is 23.1. The number of hydrogen-bond donors (Lipinski definition) is 1. The van der Waals surface area contributed by atoms with Crippen molar-refractivity contribution in [2.75, 3.05) is 26.9 Å². The molecule has 0 aromatic heterocycles. The number of aliphatic hydroxyl groups excluding tert-OH is 1. The van der Waals surface area contributed by atoms with E-state index in [1.807, 2.05) is 19.1 Å². The molecule has 0 spiro atoms. The third-order valence-electron chi connectivity index (χ3n) is 7.59. The standard InChI is InChI=1S/C31H37NO7/c1-18(2)11-13-38-25-10-7-20(16-26(25)36-4)28-27(30(34)31(35)32(28)17-23-6-5-12-37-23)29(33)21-8-9-24-22(15-21)14-19(3)39-24/h7-10,15-16,18-19,23,28,33H,5-6,11-14,17H2,1-4H3/b29-27-. The molecule has 2 fully saturated rings. The number of rotatable bonds is 9. The van der Waals surface area contributed by atoms with E-state index in [0.717, 1.165) is 30.6 Å². The van der Waals surface area contributed by atoms with Crippen LogP contribution in [0.4, 0.5) is 0 Å². The molecule has 3 atom stereocenters. The number of nitrogens with zero attached hydrogens (tertiary/aromatic N) is 1. The predicted molar refractivity (Wildman–Crippen MR) is 146 cm³/mol. The van der Waals surface area contributed by atoms with E-state index in [2.05, 4.69) is 13.8 Å². The number of hydrogen-bond acceptors (Lipinski definition) is 7. The number of benzene rings is 2. The first-order valence-corrected chi connectivity index (χ1v) is 13.8. The summed E-state index contributed by atoms with van der Waals surface area (Å²) in [6.07, 6.45) is 3.21. The number of ether oxygens (including phenoxy) is 4. The molecule has 39 heavy (non-hydrogen) atoms. The fourth-order valence-electron chi connectivity index (χ4n) is 5.53. The maximum absolute atomic E-state index is 13.5. The summed E-state index contributed by atoms with van der Waals surface area (Å²) in [6.45, 7) is 7.69. The Hall–Kier alpha value is -3.52. The van der Waals surface area contributed by atoms with Gasteiger partial charge in [-0.2, -0.15) is 0 Å². The Morgan fingerprint density at radius 3 is 2.69 bits per heavy atom. The molecule has 2 aromatic rings. The van der Waals surface area contributed by atoms with Gasteiger partial charge < -0.3 is 29.0 Å². The number of Topliss-reactive ketones (excluding diaryl/α,β-unsaturated/α-hetero) is 1. The summed E-state index contributed by atoms with van der Waals surface area (Å²) in [5.41, 5.74) is 2.15. The quantitative estimate of drug-likeness (QED) is 0.273. The first kappa shape index (κ1) is 27.1. The monoisotopic (exact) mass is 535 g/mol. The summed E-state index contributed by atoms with van der Waals surface area (Å²) in [4.78, 5) is 28.4. The molecule has 8 heteroatoms. The van der Waals surface area contributed by atoms with E-state index < -0.39 is 17.7 Å². The lowest BCUT2D eigenvalue weighted by atomic mass is 9.94. The molecule has 5 rings (SSSR count). The van der Waals surface area contributed by atoms with Gasteiger partial charge >= 0.3 is 0 Å². The van der Waals surface area contributed by atoms with Crippen LogP contribution in [0.15, 0.2) is 42.0 Å². The van der Waals surface area contributed by atoms with Crippen LogP contribution in [0.25, 0.3) is 5.76 Å². The van der Waals surface area contributed by atoms with Crippen molar-refractivity contribution in [3.8, 4) is 17.2 Å². The smallest absolute Gasteiger partial charge is 0.295 e. The van der Waals surface area contributed by atoms with Gasteiger partial charge in [0.1, 0.15) is 17.6 Å². The van der Waals surface area contributed by atoms with Gasteiger partial charge in [-0.3, -0.25) is 9.59 Å². The summed E-state index contributed by atoms with van der Waals surface area (Å²) in [6, 6.07) is 9.99. The van der Waals surface area contributed by atoms with E-state index in [1.165, 1.54) is 4.90 Å². The first-order valence-electron chi connectivity index (χ1n) is 13.8. The molecule has 8 nitrogen and oxygen atoms in total. The first-order chi connectivity index (χ1) is 18.8. The lowest BCUT2D eigenvalue weighted by Gasteiger charge is -2.28. The number of fused-ring (bicyclic) bond motifs is 1. The van der Waals surface area contributed by atoms with E-state index in [0.29, 0.717) is 48.2 Å². The summed E-state index contributed by atoms with van der Waals surface area (Å²) < 4.78 is 23.2. The van der Waals surface area contributed by atoms with Crippen LogP contribution in [0, 0.1) is 5.92 Å². The van der Waals surface area contributed by atoms with E-state index in [-0.39, 0.29) is 30.1 Å². The molecular formula is C31H37NO7. The summed E-state index contributed by atoms with van der Waals surface area (Å²) in [5, 5.41) is 11.5. The zero-order valence-corrected chi connectivity index (χ0v) is 23.1. The number of methoxy groups -OCH3 is 1. The van der Waals surface area contributed by atoms with E-state index >= 15 is 0 Å². The van der Waals surface area contributed by atoms with Crippen LogP contribution in [-0.4, -0.2) is 60.8 Å². The van der Waals surface area contributed by atoms with E-state index in [9.17, 15) is 14.7 Å². The van der Waals surface area contributed by atoms with Gasteiger partial charge in [0, 0.05) is 25.1 Å². The number of carbonyl (C=O) groups excluding carboxylic acids is 2. The van der Waals surface area contributed by atoms with Gasteiger partial charge in [-0.15, -0.1) is 0 Å². The highest BCUT2D eigenvalue weighted by atomic mass is 16.5. The average molecular weight is 536 g/mol. The second kappa shape index (κ2) is 11.3. The maximum atomic E-state index is 13.5. The van der Waals surface area contributed by atoms with Crippen molar-refractivity contribution in [2.24, 2.45) is 5.92 Å². The van der Waals surface area contributed by atoms with Crippen LogP contribution in [0.2, 0.25) is 0 Å². The summed E-state index contributed by atoms with van der Waals surface area (Å²) in [5.74, 6) is 0.803. The molecule has 3 unspecified atom stereocenters. The highest BCUT2D eigenvalue weighted by molar-refractivity contribution is 6.46. The number of likely N-dealkylation sites (tertiary alicyclic amines) is 1. The second-order valence-corrected chi connectivity index (χ2v) is 11.0. The summed E-state index contributed by atoms with van der Waals surface area (Å²) in [7, 11) is 1.56. The number of aliphatic hydroxyl groups is 1. The van der Waals surface area contributed by atoms with Crippen LogP contribution in [-0.2, 0) is 20.7 Å². The molecule has 0 radical (unpaired) electrons. The highest BCUT2D eigenvalue weighted by Gasteiger charge is 2.47. The van der Waals surface area contributed by atoms with Gasteiger partial charge in [0.15, 0.2) is 11.5 Å². The van der Waals surface area contributed by atoms with Gasteiger partial charge in [-0.05, 0) is 73.6 Å². The minimum Gasteiger partial charge on any atom is -0.507 e. The fraction of sp³-hybridized carbons (Fsp3) is 0.484. The SMILES string of the molecule is COc1cc(C2/C(=C(/O)c3ccc4c(c3)CC(C)O4)C(=O)C(=O)N2CC2CCCO2)ccc1OCCC(C)C. The van der Waals surface area contributed by atoms with E-state index in [4.69, 9.17) is 18.9 Å². The molecule has 3 aliphatic heterocycles. The lowest BCUT2D eigenvalue weighted by molar-refractivity contribution is -0.140. The Morgan fingerprint density at radius 2 is 1.97 bits per heavy atom. The van der Waals surface area contributed by atoms with Crippen molar-refractivity contribution in [3.63, 3.8) is 0 Å². The lowest BCUT2D eigenvalue weighted by Crippen LogP contribution is -2.36. The number of carbonyl (C=O) groups is 2. The molecule has 3 heterocycles. The predicted octanol–water partition coefficient (Wildman–Crippen LogP) is 5.04. The van der Waals surface area contributed by atoms with Crippen molar-refractivity contribution < 1.29 is 33.6 Å². The molecule has 208 valence electrons. The second-order valence-electron chi connectivity index (χ2n) is 11.0. The van der Waals surface area contributed by atoms with Crippen molar-refractivity contribution in [1.29, 1.82) is 0 Å². The average Bonchev–Trinajstić information content (AvgIpc) is 3.62. The Balaban J connectivity index is 1.56. The van der Waals surface area contributed by atoms with Gasteiger partial charge in [0.05, 0.1) is 31.4 Å². The van der Waals surface area contributed by atoms with Crippen LogP contribution in [0.1, 0.15) is 62.8 Å². The molecular weight excluding hydrogens is 498 g/mol. The molecule has 2 aromatic carbocycles. The van der Waals surface area contributed by atoms with E-state index in [1.54, 1.807) is 31.4 Å². The minimum atomic E-state index is -0.795. The van der Waals surface area contributed by atoms with Crippen molar-refractivity contribution in [3.05, 3.63) is 58.7 Å². The minimum absolute atomic E-state index is 0.0446. The number of ketones is 1. The van der Waals surface area contributed by atoms with Gasteiger partial charge in [0.2, 0.25) is 0 Å². The Kier molecular flexibility index (Phi) is 7.84.